The van der Waals surface area contributed by atoms with Gasteiger partial charge in [0.15, 0.2) is 0 Å². The maximum atomic E-state index is 11.8. The van der Waals surface area contributed by atoms with Crippen molar-refractivity contribution in [2.45, 2.75) is 25.0 Å². The van der Waals surface area contributed by atoms with Gasteiger partial charge in [-0.2, -0.15) is 0 Å². The molecule has 0 bridgehead atoms. The van der Waals surface area contributed by atoms with Crippen molar-refractivity contribution in [3.8, 4) is 0 Å². The van der Waals surface area contributed by atoms with Crippen molar-refractivity contribution in [1.82, 2.24) is 0 Å². The van der Waals surface area contributed by atoms with Crippen LogP contribution in [0.1, 0.15) is 18.4 Å². The number of carbonyl (C=O) groups is 3. The van der Waals surface area contributed by atoms with Crippen LogP contribution in [-0.4, -0.2) is 33.7 Å². The molecule has 1 atom stereocenters. The minimum atomic E-state index is -2.35. The molecule has 1 unspecified atom stereocenters. The molecule has 0 saturated heterocycles. The molecule has 0 spiro atoms. The predicted octanol–water partition coefficient (Wildman–Crippen LogP) is 0.377. The van der Waals surface area contributed by atoms with Gasteiger partial charge in [-0.15, -0.1) is 0 Å². The summed E-state index contributed by atoms with van der Waals surface area (Å²) < 4.78 is 4.85. The Morgan fingerprint density at radius 3 is 2.25 bits per heavy atom. The second kappa shape index (κ2) is 6.67. The maximum Gasteiger partial charge on any atom is 0.338 e. The van der Waals surface area contributed by atoms with Crippen molar-refractivity contribution >= 4 is 17.9 Å². The van der Waals surface area contributed by atoms with Gasteiger partial charge in [0.2, 0.25) is 5.54 Å². The van der Waals surface area contributed by atoms with Gasteiger partial charge in [0.25, 0.3) is 0 Å². The summed E-state index contributed by atoms with van der Waals surface area (Å²) in [5.74, 6) is -4.01. The summed E-state index contributed by atoms with van der Waals surface area (Å²) in [5.41, 5.74) is 3.78. The first-order valence-corrected chi connectivity index (χ1v) is 5.81. The number of carbonyl (C=O) groups excluding carboxylic acids is 1. The van der Waals surface area contributed by atoms with E-state index in [1.165, 1.54) is 0 Å². The van der Waals surface area contributed by atoms with Crippen molar-refractivity contribution in [1.29, 1.82) is 0 Å². The van der Waals surface area contributed by atoms with E-state index in [9.17, 15) is 14.4 Å². The van der Waals surface area contributed by atoms with E-state index in [4.69, 9.17) is 20.7 Å². The van der Waals surface area contributed by atoms with Crippen molar-refractivity contribution < 1.29 is 29.3 Å². The monoisotopic (exact) mass is 281 g/mol. The molecule has 1 rings (SSSR count). The fourth-order valence-electron chi connectivity index (χ4n) is 1.45. The van der Waals surface area contributed by atoms with Gasteiger partial charge >= 0.3 is 17.9 Å². The van der Waals surface area contributed by atoms with Crippen LogP contribution in [0.25, 0.3) is 0 Å². The fourth-order valence-corrected chi connectivity index (χ4v) is 1.45. The second-order valence-corrected chi connectivity index (χ2v) is 4.23. The summed E-state index contributed by atoms with van der Waals surface area (Å²) in [6.07, 6.45) is -1.07. The number of hydrogen-bond donors (Lipinski definition) is 3. The first kappa shape index (κ1) is 15.6. The lowest BCUT2D eigenvalue weighted by Crippen LogP contribution is -2.56. The van der Waals surface area contributed by atoms with Crippen molar-refractivity contribution in [2.24, 2.45) is 5.73 Å². The molecular formula is C13H15NO6. The second-order valence-electron chi connectivity index (χ2n) is 4.23. The van der Waals surface area contributed by atoms with Crippen LogP contribution < -0.4 is 5.73 Å². The summed E-state index contributed by atoms with van der Waals surface area (Å²) >= 11 is 0. The van der Waals surface area contributed by atoms with Crippen LogP contribution in [0.4, 0.5) is 0 Å². The highest BCUT2D eigenvalue weighted by Gasteiger charge is 2.44. The highest BCUT2D eigenvalue weighted by atomic mass is 16.5. The first-order valence-electron chi connectivity index (χ1n) is 5.81. The summed E-state index contributed by atoms with van der Waals surface area (Å²) in [6, 6.07) is 8.65. The lowest BCUT2D eigenvalue weighted by atomic mass is 9.95. The fraction of sp³-hybridized carbons (Fsp3) is 0.308. The van der Waals surface area contributed by atoms with Crippen LogP contribution in [0.2, 0.25) is 0 Å². The standard InChI is InChI=1S/C13H15NO6/c14-13(11(17)18,7-6-10(15)16)12(19)20-8-9-4-2-1-3-5-9/h1-5H,6-8,14H2,(H,15,16)(H,17,18). The Morgan fingerprint density at radius 2 is 1.75 bits per heavy atom. The molecule has 20 heavy (non-hydrogen) atoms. The van der Waals surface area contributed by atoms with E-state index >= 15 is 0 Å². The average Bonchev–Trinajstić information content (AvgIpc) is 2.42. The normalized spacial score (nSPS) is 13.2. The smallest absolute Gasteiger partial charge is 0.338 e. The Labute approximate surface area is 115 Å². The van der Waals surface area contributed by atoms with Gasteiger partial charge in [0, 0.05) is 6.42 Å². The highest BCUT2D eigenvalue weighted by Crippen LogP contribution is 2.14. The molecule has 7 heteroatoms. The Morgan fingerprint density at radius 1 is 1.15 bits per heavy atom. The molecule has 0 aliphatic carbocycles. The number of esters is 1. The summed E-state index contributed by atoms with van der Waals surface area (Å²) in [7, 11) is 0. The third kappa shape index (κ3) is 4.06. The van der Waals surface area contributed by atoms with Crippen LogP contribution in [-0.2, 0) is 25.7 Å². The van der Waals surface area contributed by atoms with Gasteiger partial charge < -0.3 is 20.7 Å². The first-order chi connectivity index (χ1) is 9.36. The zero-order valence-corrected chi connectivity index (χ0v) is 10.6. The van der Waals surface area contributed by atoms with Crippen molar-refractivity contribution in [3.05, 3.63) is 35.9 Å². The number of carboxylic acids is 2. The zero-order chi connectivity index (χ0) is 15.2. The lowest BCUT2D eigenvalue weighted by molar-refractivity contribution is -0.162. The number of rotatable bonds is 7. The van der Waals surface area contributed by atoms with E-state index in [-0.39, 0.29) is 6.61 Å². The van der Waals surface area contributed by atoms with E-state index in [0.717, 1.165) is 0 Å². The third-order valence-corrected chi connectivity index (χ3v) is 2.69. The number of benzene rings is 1. The summed E-state index contributed by atoms with van der Waals surface area (Å²) in [5, 5.41) is 17.5. The van der Waals surface area contributed by atoms with Gasteiger partial charge in [0.05, 0.1) is 0 Å². The minimum Gasteiger partial charge on any atom is -0.481 e. The van der Waals surface area contributed by atoms with Crippen LogP contribution in [0.15, 0.2) is 30.3 Å². The molecule has 1 aromatic rings. The molecule has 108 valence electrons. The van der Waals surface area contributed by atoms with E-state index < -0.39 is 36.3 Å². The van der Waals surface area contributed by atoms with Gasteiger partial charge in [-0.05, 0) is 12.0 Å². The molecule has 0 saturated carbocycles. The van der Waals surface area contributed by atoms with Crippen LogP contribution in [0, 0.1) is 0 Å². The molecular weight excluding hydrogens is 266 g/mol. The van der Waals surface area contributed by atoms with E-state index in [2.05, 4.69) is 0 Å². The van der Waals surface area contributed by atoms with Crippen molar-refractivity contribution in [2.75, 3.05) is 0 Å². The molecule has 0 aliphatic rings. The molecule has 1 aromatic carbocycles. The third-order valence-electron chi connectivity index (χ3n) is 2.69. The van der Waals surface area contributed by atoms with Gasteiger partial charge in [-0.1, -0.05) is 30.3 Å². The molecule has 4 N–H and O–H groups in total. The Bertz CT molecular complexity index is 501. The van der Waals surface area contributed by atoms with Gasteiger partial charge in [0.1, 0.15) is 6.61 Å². The summed E-state index contributed by atoms with van der Waals surface area (Å²) in [6.45, 7) is -0.126. The maximum absolute atomic E-state index is 11.8. The van der Waals surface area contributed by atoms with Gasteiger partial charge in [-0.3, -0.25) is 4.79 Å². The molecule has 0 fully saturated rings. The topological polar surface area (TPSA) is 127 Å². The number of carboxylic acid groups (broad SMARTS) is 2. The highest BCUT2D eigenvalue weighted by molar-refractivity contribution is 6.04. The molecule has 0 heterocycles. The van der Waals surface area contributed by atoms with Crippen LogP contribution in [0.5, 0.6) is 0 Å². The molecule has 0 radical (unpaired) electrons. The lowest BCUT2D eigenvalue weighted by Gasteiger charge is -2.21. The zero-order valence-electron chi connectivity index (χ0n) is 10.6. The van der Waals surface area contributed by atoms with Crippen LogP contribution >= 0.6 is 0 Å². The number of nitrogens with two attached hydrogens (primary N) is 1. The minimum absolute atomic E-state index is 0.126. The van der Waals surface area contributed by atoms with Crippen LogP contribution in [0.3, 0.4) is 0 Å². The van der Waals surface area contributed by atoms with E-state index in [1.54, 1.807) is 30.3 Å². The Hall–Kier alpha value is -2.41. The van der Waals surface area contributed by atoms with E-state index in [1.807, 2.05) is 0 Å². The number of hydrogen-bond acceptors (Lipinski definition) is 5. The SMILES string of the molecule is NC(CCC(=O)O)(C(=O)O)C(=O)OCc1ccccc1. The summed E-state index contributed by atoms with van der Waals surface area (Å²) in [4.78, 5) is 33.3. The predicted molar refractivity (Wildman–Crippen MR) is 67.7 cm³/mol. The molecule has 0 aliphatic heterocycles. The average molecular weight is 281 g/mol. The largest absolute Gasteiger partial charge is 0.481 e. The molecule has 0 amide bonds. The number of ether oxygens (including phenoxy) is 1. The Balaban J connectivity index is 2.69. The quantitative estimate of drug-likeness (QED) is 0.487. The van der Waals surface area contributed by atoms with Gasteiger partial charge in [-0.25, -0.2) is 9.59 Å². The molecule has 0 aromatic heterocycles. The van der Waals surface area contributed by atoms with Crippen molar-refractivity contribution in [3.63, 3.8) is 0 Å². The molecule has 7 nitrogen and oxygen atoms in total. The Kier molecular flexibility index (Phi) is 5.22. The van der Waals surface area contributed by atoms with E-state index in [0.29, 0.717) is 5.56 Å². The number of aliphatic carboxylic acids is 2.